The predicted molar refractivity (Wildman–Crippen MR) is 110 cm³/mol. The zero-order valence-corrected chi connectivity index (χ0v) is 17.4. The predicted octanol–water partition coefficient (Wildman–Crippen LogP) is 4.66. The van der Waals surface area contributed by atoms with E-state index in [4.69, 9.17) is 0 Å². The first-order valence-corrected chi connectivity index (χ1v) is 11.5. The Balaban J connectivity index is 1.42. The summed E-state index contributed by atoms with van der Waals surface area (Å²) >= 11 is 1.48. The minimum absolute atomic E-state index is 0.123. The van der Waals surface area contributed by atoms with Crippen molar-refractivity contribution in [3.8, 4) is 0 Å². The van der Waals surface area contributed by atoms with Gasteiger partial charge in [0.05, 0.1) is 12.2 Å². The Bertz CT molecular complexity index is 619. The van der Waals surface area contributed by atoms with Gasteiger partial charge in [0.25, 0.3) is 0 Å². The Kier molecular flexibility index (Phi) is 7.68. The van der Waals surface area contributed by atoms with Gasteiger partial charge in [-0.05, 0) is 37.5 Å². The Morgan fingerprint density at radius 1 is 1.04 bits per heavy atom. The van der Waals surface area contributed by atoms with E-state index < -0.39 is 0 Å². The quantitative estimate of drug-likeness (QED) is 0.735. The molecule has 1 N–H and O–H groups in total. The van der Waals surface area contributed by atoms with Crippen LogP contribution in [0.25, 0.3) is 0 Å². The van der Waals surface area contributed by atoms with Gasteiger partial charge in [0, 0.05) is 25.3 Å². The molecule has 0 atom stereocenters. The van der Waals surface area contributed by atoms with E-state index in [-0.39, 0.29) is 11.8 Å². The van der Waals surface area contributed by atoms with Crippen LogP contribution in [-0.2, 0) is 16.1 Å². The molecule has 27 heavy (non-hydrogen) atoms. The Hall–Kier alpha value is -1.43. The van der Waals surface area contributed by atoms with E-state index in [0.717, 1.165) is 10.8 Å². The second-order valence-electron chi connectivity index (χ2n) is 8.27. The molecule has 0 bridgehead atoms. The third-order valence-corrected chi connectivity index (χ3v) is 7.02. The van der Waals surface area contributed by atoms with Crippen molar-refractivity contribution >= 4 is 28.3 Å². The second-order valence-corrected chi connectivity index (χ2v) is 9.10. The summed E-state index contributed by atoms with van der Waals surface area (Å²) in [4.78, 5) is 30.9. The Labute approximate surface area is 166 Å². The molecule has 2 amide bonds. The highest BCUT2D eigenvalue weighted by Gasteiger charge is 2.22. The maximum atomic E-state index is 12.5. The first-order valence-electron chi connectivity index (χ1n) is 10.6. The molecule has 0 aliphatic heterocycles. The van der Waals surface area contributed by atoms with Crippen molar-refractivity contribution < 1.29 is 9.59 Å². The van der Waals surface area contributed by atoms with Gasteiger partial charge in [0.15, 0.2) is 5.13 Å². The lowest BCUT2D eigenvalue weighted by Crippen LogP contribution is -2.29. The lowest BCUT2D eigenvalue weighted by molar-refractivity contribution is -0.122. The number of carbonyl (C=O) groups is 2. The summed E-state index contributed by atoms with van der Waals surface area (Å²) in [7, 11) is 1.81. The minimum Gasteiger partial charge on any atom is -0.350 e. The average Bonchev–Trinajstić information content (AvgIpc) is 3.16. The monoisotopic (exact) mass is 391 g/mol. The third-order valence-electron chi connectivity index (χ3n) is 6.05. The fraction of sp³-hybridized carbons (Fsp3) is 0.762. The van der Waals surface area contributed by atoms with Crippen LogP contribution in [0.4, 0.5) is 5.13 Å². The van der Waals surface area contributed by atoms with Crippen molar-refractivity contribution in [3.63, 3.8) is 0 Å². The van der Waals surface area contributed by atoms with Crippen LogP contribution in [0.3, 0.4) is 0 Å². The number of hydrogen-bond donors (Lipinski definition) is 1. The van der Waals surface area contributed by atoms with Gasteiger partial charge in [-0.3, -0.25) is 14.5 Å². The summed E-state index contributed by atoms with van der Waals surface area (Å²) < 4.78 is 0. The minimum atomic E-state index is 0.123. The zero-order chi connectivity index (χ0) is 19.1. The number of nitrogens with zero attached hydrogens (tertiary/aromatic N) is 2. The largest absolute Gasteiger partial charge is 0.350 e. The van der Waals surface area contributed by atoms with Gasteiger partial charge < -0.3 is 5.32 Å². The van der Waals surface area contributed by atoms with Crippen molar-refractivity contribution in [3.05, 3.63) is 11.1 Å². The van der Waals surface area contributed by atoms with Gasteiger partial charge in [0.1, 0.15) is 0 Å². The van der Waals surface area contributed by atoms with E-state index in [1.54, 1.807) is 4.90 Å². The van der Waals surface area contributed by atoms with Crippen LogP contribution >= 0.6 is 11.3 Å². The van der Waals surface area contributed by atoms with E-state index in [0.29, 0.717) is 31.2 Å². The third kappa shape index (κ3) is 6.30. The van der Waals surface area contributed by atoms with E-state index in [1.807, 2.05) is 12.4 Å². The van der Waals surface area contributed by atoms with Crippen LogP contribution in [-0.4, -0.2) is 23.8 Å². The molecule has 0 saturated heterocycles. The molecule has 1 aromatic heterocycles. The maximum absolute atomic E-state index is 12.5. The number of thiazole rings is 1. The van der Waals surface area contributed by atoms with Gasteiger partial charge in [0.2, 0.25) is 11.8 Å². The number of amides is 2. The van der Waals surface area contributed by atoms with Crippen LogP contribution in [0.5, 0.6) is 0 Å². The molecule has 5 nitrogen and oxygen atoms in total. The molecule has 2 fully saturated rings. The highest BCUT2D eigenvalue weighted by Crippen LogP contribution is 2.28. The van der Waals surface area contributed by atoms with Crippen LogP contribution in [0.2, 0.25) is 0 Å². The molecule has 3 rings (SSSR count). The molecular formula is C21H33N3O2S. The van der Waals surface area contributed by atoms with Gasteiger partial charge in [-0.25, -0.2) is 4.98 Å². The smallest absolute Gasteiger partial charge is 0.228 e. The SMILES string of the molecule is CN(C(=O)CC1CCCCC1)c1nc(CNC(=O)CC2CCCCC2)cs1. The molecule has 0 aromatic carbocycles. The van der Waals surface area contributed by atoms with Gasteiger partial charge in [-0.2, -0.15) is 0 Å². The molecule has 1 aromatic rings. The molecule has 150 valence electrons. The van der Waals surface area contributed by atoms with E-state index in [9.17, 15) is 9.59 Å². The second kappa shape index (κ2) is 10.2. The summed E-state index contributed by atoms with van der Waals surface area (Å²) in [6, 6.07) is 0. The zero-order valence-electron chi connectivity index (χ0n) is 16.5. The topological polar surface area (TPSA) is 62.3 Å². The normalized spacial score (nSPS) is 19.0. The average molecular weight is 392 g/mol. The van der Waals surface area contributed by atoms with E-state index >= 15 is 0 Å². The Morgan fingerprint density at radius 3 is 2.26 bits per heavy atom. The number of rotatable bonds is 7. The van der Waals surface area contributed by atoms with Crippen LogP contribution < -0.4 is 10.2 Å². The molecule has 0 unspecified atom stereocenters. The molecule has 2 saturated carbocycles. The molecule has 0 spiro atoms. The van der Waals surface area contributed by atoms with Gasteiger partial charge in [-0.1, -0.05) is 38.5 Å². The number of aromatic nitrogens is 1. The number of anilines is 1. The Morgan fingerprint density at radius 2 is 1.63 bits per heavy atom. The lowest BCUT2D eigenvalue weighted by Gasteiger charge is -2.23. The van der Waals surface area contributed by atoms with Crippen LogP contribution in [0.1, 0.15) is 82.7 Å². The van der Waals surface area contributed by atoms with Crippen molar-refractivity contribution in [2.75, 3.05) is 11.9 Å². The highest BCUT2D eigenvalue weighted by molar-refractivity contribution is 7.14. The number of nitrogens with one attached hydrogen (secondary N) is 1. The molecule has 6 heteroatoms. The maximum Gasteiger partial charge on any atom is 0.228 e. The van der Waals surface area contributed by atoms with Crippen LogP contribution in [0.15, 0.2) is 5.38 Å². The lowest BCUT2D eigenvalue weighted by atomic mass is 9.87. The van der Waals surface area contributed by atoms with Crippen LogP contribution in [0, 0.1) is 11.8 Å². The van der Waals surface area contributed by atoms with Gasteiger partial charge >= 0.3 is 0 Å². The molecule has 1 heterocycles. The first-order chi connectivity index (χ1) is 13.1. The number of carbonyl (C=O) groups excluding carboxylic acids is 2. The molecular weight excluding hydrogens is 358 g/mol. The summed E-state index contributed by atoms with van der Waals surface area (Å²) in [5.74, 6) is 1.36. The van der Waals surface area contributed by atoms with Crippen molar-refractivity contribution in [1.82, 2.24) is 10.3 Å². The van der Waals surface area contributed by atoms with E-state index in [2.05, 4.69) is 10.3 Å². The van der Waals surface area contributed by atoms with E-state index in [1.165, 1.54) is 75.5 Å². The molecule has 2 aliphatic carbocycles. The number of hydrogen-bond acceptors (Lipinski definition) is 4. The molecule has 2 aliphatic rings. The summed E-state index contributed by atoms with van der Waals surface area (Å²) in [6.45, 7) is 0.451. The van der Waals surface area contributed by atoms with Gasteiger partial charge in [-0.15, -0.1) is 11.3 Å². The van der Waals surface area contributed by atoms with Crippen molar-refractivity contribution in [2.24, 2.45) is 11.8 Å². The van der Waals surface area contributed by atoms with Crippen molar-refractivity contribution in [1.29, 1.82) is 0 Å². The molecule has 0 radical (unpaired) electrons. The van der Waals surface area contributed by atoms with Crippen molar-refractivity contribution in [2.45, 2.75) is 83.6 Å². The first kappa shape index (κ1) is 20.3. The fourth-order valence-corrected chi connectivity index (χ4v) is 5.14. The fourth-order valence-electron chi connectivity index (χ4n) is 4.33. The highest BCUT2D eigenvalue weighted by atomic mass is 32.1. The summed E-state index contributed by atoms with van der Waals surface area (Å²) in [6.07, 6.45) is 13.6. The standard InChI is InChI=1S/C21H33N3O2S/c1-24(20(26)13-17-10-6-3-7-11-17)21-23-18(15-27-21)14-22-19(25)12-16-8-4-2-5-9-16/h15-17H,2-14H2,1H3,(H,22,25). The summed E-state index contributed by atoms with van der Waals surface area (Å²) in [5, 5.41) is 5.67. The summed E-state index contributed by atoms with van der Waals surface area (Å²) in [5.41, 5.74) is 0.837.